The molecule has 7 heteroatoms. The Kier molecular flexibility index (Phi) is 5.43. The van der Waals surface area contributed by atoms with Gasteiger partial charge in [-0.15, -0.1) is 0 Å². The molecule has 24 heavy (non-hydrogen) atoms. The predicted octanol–water partition coefficient (Wildman–Crippen LogP) is 4.11. The number of hydrogen-bond donors (Lipinski definition) is 3. The number of halogens is 2. The molecule has 0 fully saturated rings. The lowest BCUT2D eigenvalue weighted by Crippen LogP contribution is -2.30. The van der Waals surface area contributed by atoms with Crippen LogP contribution in [0.4, 0.5) is 16.3 Å². The molecule has 0 aliphatic carbocycles. The van der Waals surface area contributed by atoms with Gasteiger partial charge in [0.2, 0.25) is 0 Å². The van der Waals surface area contributed by atoms with E-state index in [-0.39, 0.29) is 6.03 Å². The smallest absolute Gasteiger partial charge is 0.319 e. The van der Waals surface area contributed by atoms with Crippen LogP contribution >= 0.6 is 23.2 Å². The van der Waals surface area contributed by atoms with E-state index >= 15 is 0 Å². The Balaban J connectivity index is 1.50. The van der Waals surface area contributed by atoms with Crippen LogP contribution in [0.25, 0.3) is 0 Å². The molecule has 0 saturated carbocycles. The summed E-state index contributed by atoms with van der Waals surface area (Å²) in [5.74, 6) is 0.969. The van der Waals surface area contributed by atoms with Crippen LogP contribution in [0.1, 0.15) is 17.7 Å². The van der Waals surface area contributed by atoms with E-state index in [9.17, 15) is 4.79 Å². The maximum Gasteiger partial charge on any atom is 0.319 e. The number of benzene rings is 1. The zero-order valence-electron chi connectivity index (χ0n) is 13.0. The van der Waals surface area contributed by atoms with Crippen molar-refractivity contribution in [2.45, 2.75) is 19.3 Å². The summed E-state index contributed by atoms with van der Waals surface area (Å²) in [7, 11) is 0. The molecule has 0 spiro atoms. The Hall–Kier alpha value is -1.98. The van der Waals surface area contributed by atoms with Gasteiger partial charge in [0.1, 0.15) is 5.82 Å². The van der Waals surface area contributed by atoms with Crippen LogP contribution in [-0.4, -0.2) is 24.1 Å². The van der Waals surface area contributed by atoms with Crippen LogP contribution in [0.3, 0.4) is 0 Å². The van der Waals surface area contributed by atoms with Crippen molar-refractivity contribution < 1.29 is 4.79 Å². The summed E-state index contributed by atoms with van der Waals surface area (Å²) in [6, 6.07) is 8.72. The number of urea groups is 1. The average Bonchev–Trinajstić information content (AvgIpc) is 2.53. The van der Waals surface area contributed by atoms with Gasteiger partial charge in [-0.3, -0.25) is 0 Å². The van der Waals surface area contributed by atoms with Gasteiger partial charge in [0.05, 0.1) is 0 Å². The lowest BCUT2D eigenvalue weighted by molar-refractivity contribution is 0.252. The van der Waals surface area contributed by atoms with E-state index in [4.69, 9.17) is 23.2 Å². The molecule has 1 aromatic carbocycles. The first kappa shape index (κ1) is 16.9. The first-order valence-electron chi connectivity index (χ1n) is 7.84. The summed E-state index contributed by atoms with van der Waals surface area (Å²) in [6.45, 7) is 1.46. The van der Waals surface area contributed by atoms with Gasteiger partial charge in [0.25, 0.3) is 0 Å². The highest BCUT2D eigenvalue weighted by atomic mass is 35.5. The minimum Gasteiger partial charge on any atom is -0.370 e. The molecule has 1 aliphatic rings. The normalized spacial score (nSPS) is 12.9. The molecule has 0 saturated heterocycles. The van der Waals surface area contributed by atoms with E-state index < -0.39 is 0 Å². The molecular weight excluding hydrogens is 347 g/mol. The highest BCUT2D eigenvalue weighted by Gasteiger charge is 2.10. The first-order valence-corrected chi connectivity index (χ1v) is 8.59. The Bertz CT molecular complexity index is 731. The molecule has 2 heterocycles. The summed E-state index contributed by atoms with van der Waals surface area (Å²) in [5.41, 5.74) is 2.77. The standard InChI is InChI=1S/C17H18Cl2N4O/c18-12-8-13(19)10-15(9-12)23-17(24)21-7-5-14-4-3-11-2-1-6-20-16(11)22-14/h3-4,8-10H,1-2,5-7H2,(H,20,22)(H2,21,23,24). The maximum absolute atomic E-state index is 11.9. The van der Waals surface area contributed by atoms with Gasteiger partial charge in [-0.1, -0.05) is 29.3 Å². The largest absolute Gasteiger partial charge is 0.370 e. The zero-order valence-corrected chi connectivity index (χ0v) is 14.5. The van der Waals surface area contributed by atoms with Crippen molar-refractivity contribution in [2.75, 3.05) is 23.7 Å². The molecule has 1 aromatic heterocycles. The van der Waals surface area contributed by atoms with E-state index in [1.165, 1.54) is 5.56 Å². The Labute approximate surface area is 150 Å². The molecule has 0 bridgehead atoms. The van der Waals surface area contributed by atoms with Crippen molar-refractivity contribution in [2.24, 2.45) is 0 Å². The molecule has 5 nitrogen and oxygen atoms in total. The number of rotatable bonds is 4. The molecular formula is C17H18Cl2N4O. The van der Waals surface area contributed by atoms with Crippen LogP contribution in [0.15, 0.2) is 30.3 Å². The number of pyridine rings is 1. The number of anilines is 2. The average molecular weight is 365 g/mol. The molecule has 0 unspecified atom stereocenters. The van der Waals surface area contributed by atoms with E-state index in [0.29, 0.717) is 28.7 Å². The zero-order chi connectivity index (χ0) is 16.9. The minimum atomic E-state index is -0.301. The van der Waals surface area contributed by atoms with Crippen LogP contribution < -0.4 is 16.0 Å². The van der Waals surface area contributed by atoms with Gasteiger partial charge in [0.15, 0.2) is 0 Å². The van der Waals surface area contributed by atoms with Crippen molar-refractivity contribution in [3.8, 4) is 0 Å². The SMILES string of the molecule is O=C(NCCc1ccc2c(n1)NCCC2)Nc1cc(Cl)cc(Cl)c1. The highest BCUT2D eigenvalue weighted by Crippen LogP contribution is 2.22. The third-order valence-electron chi connectivity index (χ3n) is 3.74. The first-order chi connectivity index (χ1) is 11.6. The summed E-state index contributed by atoms with van der Waals surface area (Å²) in [5, 5.41) is 9.77. The monoisotopic (exact) mass is 364 g/mol. The summed E-state index contributed by atoms with van der Waals surface area (Å²) < 4.78 is 0. The minimum absolute atomic E-state index is 0.301. The third kappa shape index (κ3) is 4.52. The summed E-state index contributed by atoms with van der Waals surface area (Å²) in [6.07, 6.45) is 2.88. The van der Waals surface area contributed by atoms with Gasteiger partial charge in [0, 0.05) is 40.9 Å². The van der Waals surface area contributed by atoms with Crippen molar-refractivity contribution in [1.82, 2.24) is 10.3 Å². The van der Waals surface area contributed by atoms with E-state index in [1.807, 2.05) is 6.07 Å². The summed E-state index contributed by atoms with van der Waals surface area (Å²) >= 11 is 11.8. The quantitative estimate of drug-likeness (QED) is 0.764. The lowest BCUT2D eigenvalue weighted by atomic mass is 10.1. The van der Waals surface area contributed by atoms with Gasteiger partial charge >= 0.3 is 6.03 Å². The molecule has 126 valence electrons. The number of nitrogens with zero attached hydrogens (tertiary/aromatic N) is 1. The second kappa shape index (κ2) is 7.73. The van der Waals surface area contributed by atoms with Crippen molar-refractivity contribution in [1.29, 1.82) is 0 Å². The summed E-state index contributed by atoms with van der Waals surface area (Å²) in [4.78, 5) is 16.5. The maximum atomic E-state index is 11.9. The van der Waals surface area contributed by atoms with Gasteiger partial charge in [-0.2, -0.15) is 0 Å². The number of carbonyl (C=O) groups is 1. The Morgan fingerprint density at radius 2 is 2.00 bits per heavy atom. The number of aryl methyl sites for hydroxylation is 1. The van der Waals surface area contributed by atoms with Crippen molar-refractivity contribution >= 4 is 40.7 Å². The van der Waals surface area contributed by atoms with E-state index in [0.717, 1.165) is 30.9 Å². The van der Waals surface area contributed by atoms with Crippen LogP contribution in [0, 0.1) is 0 Å². The highest BCUT2D eigenvalue weighted by molar-refractivity contribution is 6.35. The van der Waals surface area contributed by atoms with Crippen LogP contribution in [-0.2, 0) is 12.8 Å². The molecule has 2 aromatic rings. The van der Waals surface area contributed by atoms with Gasteiger partial charge in [-0.25, -0.2) is 9.78 Å². The molecule has 3 N–H and O–H groups in total. The van der Waals surface area contributed by atoms with E-state index in [1.54, 1.807) is 18.2 Å². The number of nitrogens with one attached hydrogen (secondary N) is 3. The number of aromatic nitrogens is 1. The molecule has 1 aliphatic heterocycles. The fraction of sp³-hybridized carbons (Fsp3) is 0.294. The molecule has 2 amide bonds. The Morgan fingerprint density at radius 1 is 1.21 bits per heavy atom. The van der Waals surface area contributed by atoms with Crippen molar-refractivity contribution in [3.05, 3.63) is 51.6 Å². The fourth-order valence-electron chi connectivity index (χ4n) is 2.61. The Morgan fingerprint density at radius 3 is 2.79 bits per heavy atom. The molecule has 0 radical (unpaired) electrons. The van der Waals surface area contributed by atoms with Crippen LogP contribution in [0.2, 0.25) is 10.0 Å². The number of fused-ring (bicyclic) bond motifs is 1. The van der Waals surface area contributed by atoms with Crippen molar-refractivity contribution in [3.63, 3.8) is 0 Å². The third-order valence-corrected chi connectivity index (χ3v) is 4.18. The van der Waals surface area contributed by atoms with Crippen LogP contribution in [0.5, 0.6) is 0 Å². The van der Waals surface area contributed by atoms with E-state index in [2.05, 4.69) is 27.0 Å². The second-order valence-electron chi connectivity index (χ2n) is 5.63. The predicted molar refractivity (Wildman–Crippen MR) is 98.2 cm³/mol. The van der Waals surface area contributed by atoms with Gasteiger partial charge < -0.3 is 16.0 Å². The number of amides is 2. The molecule has 0 atom stereocenters. The number of hydrogen-bond acceptors (Lipinski definition) is 3. The van der Waals surface area contributed by atoms with Gasteiger partial charge in [-0.05, 0) is 42.7 Å². The topological polar surface area (TPSA) is 66.0 Å². The molecule has 3 rings (SSSR count). The second-order valence-corrected chi connectivity index (χ2v) is 6.50. The lowest BCUT2D eigenvalue weighted by Gasteiger charge is -2.17. The number of carbonyl (C=O) groups excluding carboxylic acids is 1. The fourth-order valence-corrected chi connectivity index (χ4v) is 3.14.